The second-order valence-corrected chi connectivity index (χ2v) is 5.48. The van der Waals surface area contributed by atoms with E-state index in [0.717, 1.165) is 17.0 Å². The molecule has 6 nitrogen and oxygen atoms in total. The highest BCUT2D eigenvalue weighted by atomic mass is 16.3. The number of fused-ring (bicyclic) bond motifs is 1. The first-order valence-electron chi connectivity index (χ1n) is 7.19. The van der Waals surface area contributed by atoms with Crippen molar-refractivity contribution in [3.8, 4) is 0 Å². The highest BCUT2D eigenvalue weighted by Gasteiger charge is 2.22. The number of nitrogens with zero attached hydrogens (tertiary/aromatic N) is 4. The van der Waals surface area contributed by atoms with Crippen molar-refractivity contribution < 1.29 is 9.90 Å². The fourth-order valence-electron chi connectivity index (χ4n) is 2.36. The van der Waals surface area contributed by atoms with Gasteiger partial charge in [0.05, 0.1) is 17.0 Å². The summed E-state index contributed by atoms with van der Waals surface area (Å²) in [7, 11) is 0. The molecule has 2 rings (SSSR count). The van der Waals surface area contributed by atoms with Crippen molar-refractivity contribution >= 4 is 11.6 Å². The number of amides is 1. The van der Waals surface area contributed by atoms with E-state index in [-0.39, 0.29) is 18.6 Å². The van der Waals surface area contributed by atoms with Crippen molar-refractivity contribution in [2.45, 2.75) is 40.2 Å². The smallest absolute Gasteiger partial charge is 0.257 e. The largest absolute Gasteiger partial charge is 0.396 e. The Morgan fingerprint density at radius 3 is 2.76 bits per heavy atom. The number of carbonyl (C=O) groups excluding carboxylic acids is 1. The topological polar surface area (TPSA) is 70.7 Å². The van der Waals surface area contributed by atoms with Crippen LogP contribution < -0.4 is 0 Å². The van der Waals surface area contributed by atoms with E-state index >= 15 is 0 Å². The van der Waals surface area contributed by atoms with Crippen LogP contribution in [0.15, 0.2) is 12.3 Å². The number of aryl methyl sites for hydroxylation is 2. The van der Waals surface area contributed by atoms with E-state index < -0.39 is 0 Å². The third-order valence-electron chi connectivity index (χ3n) is 3.52. The van der Waals surface area contributed by atoms with Gasteiger partial charge < -0.3 is 10.0 Å². The lowest BCUT2D eigenvalue weighted by molar-refractivity contribution is 0.0691. The minimum atomic E-state index is -0.0708. The maximum absolute atomic E-state index is 12.7. The lowest BCUT2D eigenvalue weighted by Gasteiger charge is -2.27. The molecular formula is C15H22N4O2. The fourth-order valence-corrected chi connectivity index (χ4v) is 2.36. The molecule has 0 unspecified atom stereocenters. The van der Waals surface area contributed by atoms with Crippen LogP contribution >= 0.6 is 0 Å². The normalized spacial score (nSPS) is 11.3. The molecule has 0 saturated heterocycles. The Hall–Kier alpha value is -1.95. The first kappa shape index (κ1) is 15.4. The van der Waals surface area contributed by atoms with Crippen molar-refractivity contribution in [2.24, 2.45) is 0 Å². The zero-order valence-electron chi connectivity index (χ0n) is 13.0. The lowest BCUT2D eigenvalue weighted by Crippen LogP contribution is -2.38. The van der Waals surface area contributed by atoms with E-state index in [1.54, 1.807) is 15.6 Å². The van der Waals surface area contributed by atoms with Crippen LogP contribution in [0.25, 0.3) is 5.65 Å². The Balaban J connectivity index is 2.39. The Morgan fingerprint density at radius 1 is 1.43 bits per heavy atom. The first-order chi connectivity index (χ1) is 9.95. The van der Waals surface area contributed by atoms with Gasteiger partial charge in [-0.2, -0.15) is 5.10 Å². The molecule has 6 heteroatoms. The zero-order chi connectivity index (χ0) is 15.6. The molecule has 0 aliphatic rings. The lowest BCUT2D eigenvalue weighted by atomic mass is 10.1. The SMILES string of the molecule is Cc1cc2ncc(C(=O)N(CCCO)C(C)C)c(C)n2n1. The highest BCUT2D eigenvalue weighted by molar-refractivity contribution is 5.95. The van der Waals surface area contributed by atoms with E-state index in [1.807, 2.05) is 33.8 Å². The van der Waals surface area contributed by atoms with Crippen molar-refractivity contribution in [3.63, 3.8) is 0 Å². The molecule has 2 heterocycles. The molecule has 0 fully saturated rings. The van der Waals surface area contributed by atoms with Crippen LogP contribution in [0.2, 0.25) is 0 Å². The standard InChI is InChI=1S/C15H22N4O2/c1-10(2)18(6-5-7-20)15(21)13-9-16-14-8-11(3)17-19(14)12(13)4/h8-10,20H,5-7H2,1-4H3. The Morgan fingerprint density at radius 2 is 2.14 bits per heavy atom. The molecule has 0 aliphatic heterocycles. The summed E-state index contributed by atoms with van der Waals surface area (Å²) in [5, 5.41) is 13.3. The minimum Gasteiger partial charge on any atom is -0.396 e. The number of aliphatic hydroxyl groups excluding tert-OH is 1. The molecule has 21 heavy (non-hydrogen) atoms. The maximum atomic E-state index is 12.7. The molecule has 114 valence electrons. The molecule has 1 amide bonds. The van der Waals surface area contributed by atoms with Gasteiger partial charge in [0.25, 0.3) is 5.91 Å². The van der Waals surface area contributed by atoms with Crippen LogP contribution in [0.3, 0.4) is 0 Å². The molecule has 0 atom stereocenters. The van der Waals surface area contributed by atoms with Gasteiger partial charge in [0.15, 0.2) is 5.65 Å². The average Bonchev–Trinajstić information content (AvgIpc) is 2.80. The number of aromatic nitrogens is 3. The van der Waals surface area contributed by atoms with Crippen LogP contribution in [0.4, 0.5) is 0 Å². The van der Waals surface area contributed by atoms with Gasteiger partial charge in [-0.25, -0.2) is 9.50 Å². The van der Waals surface area contributed by atoms with Crippen LogP contribution in [0.1, 0.15) is 42.0 Å². The molecule has 0 saturated carbocycles. The summed E-state index contributed by atoms with van der Waals surface area (Å²) >= 11 is 0. The monoisotopic (exact) mass is 290 g/mol. The summed E-state index contributed by atoms with van der Waals surface area (Å²) in [6.07, 6.45) is 2.18. The molecule has 0 radical (unpaired) electrons. The molecule has 0 aliphatic carbocycles. The average molecular weight is 290 g/mol. The van der Waals surface area contributed by atoms with E-state index in [4.69, 9.17) is 5.11 Å². The van der Waals surface area contributed by atoms with Gasteiger partial charge in [0, 0.05) is 31.5 Å². The summed E-state index contributed by atoms with van der Waals surface area (Å²) in [6, 6.07) is 1.95. The van der Waals surface area contributed by atoms with E-state index in [9.17, 15) is 4.79 Å². The predicted octanol–water partition coefficient (Wildman–Crippen LogP) is 1.58. The van der Waals surface area contributed by atoms with Crippen LogP contribution in [-0.2, 0) is 0 Å². The summed E-state index contributed by atoms with van der Waals surface area (Å²) in [5.41, 5.74) is 2.95. The molecular weight excluding hydrogens is 268 g/mol. The minimum absolute atomic E-state index is 0.0681. The van der Waals surface area contributed by atoms with Gasteiger partial charge in [0.2, 0.25) is 0 Å². The molecule has 2 aromatic rings. The third-order valence-corrected chi connectivity index (χ3v) is 3.52. The summed E-state index contributed by atoms with van der Waals surface area (Å²) in [5.74, 6) is -0.0708. The van der Waals surface area contributed by atoms with Crippen molar-refractivity contribution in [1.29, 1.82) is 0 Å². The van der Waals surface area contributed by atoms with Gasteiger partial charge in [0.1, 0.15) is 0 Å². The summed E-state index contributed by atoms with van der Waals surface area (Å²) in [4.78, 5) is 18.8. The van der Waals surface area contributed by atoms with Gasteiger partial charge >= 0.3 is 0 Å². The summed E-state index contributed by atoms with van der Waals surface area (Å²) < 4.78 is 1.70. The van der Waals surface area contributed by atoms with Crippen molar-refractivity contribution in [1.82, 2.24) is 19.5 Å². The molecule has 2 aromatic heterocycles. The number of hydrogen-bond acceptors (Lipinski definition) is 4. The number of carbonyl (C=O) groups is 1. The first-order valence-corrected chi connectivity index (χ1v) is 7.19. The van der Waals surface area contributed by atoms with Crippen LogP contribution in [0, 0.1) is 13.8 Å². The Bertz CT molecular complexity index is 648. The molecule has 1 N–H and O–H groups in total. The van der Waals surface area contributed by atoms with Crippen molar-refractivity contribution in [2.75, 3.05) is 13.2 Å². The van der Waals surface area contributed by atoms with Crippen LogP contribution in [-0.4, -0.2) is 49.7 Å². The number of aliphatic hydroxyl groups is 1. The second kappa shape index (κ2) is 6.22. The van der Waals surface area contributed by atoms with Crippen molar-refractivity contribution in [3.05, 3.63) is 29.2 Å². The highest BCUT2D eigenvalue weighted by Crippen LogP contribution is 2.15. The zero-order valence-corrected chi connectivity index (χ0v) is 13.0. The molecule has 0 aromatic carbocycles. The number of rotatable bonds is 5. The third kappa shape index (κ3) is 3.05. The van der Waals surface area contributed by atoms with E-state index in [2.05, 4.69) is 10.1 Å². The Labute approximate surface area is 124 Å². The summed E-state index contributed by atoms with van der Waals surface area (Å²) in [6.45, 7) is 8.31. The maximum Gasteiger partial charge on any atom is 0.257 e. The van der Waals surface area contributed by atoms with Gasteiger partial charge in [-0.1, -0.05) is 0 Å². The second-order valence-electron chi connectivity index (χ2n) is 5.48. The predicted molar refractivity (Wildman–Crippen MR) is 80.3 cm³/mol. The van der Waals surface area contributed by atoms with E-state index in [1.165, 1.54) is 0 Å². The van der Waals surface area contributed by atoms with Gasteiger partial charge in [-0.15, -0.1) is 0 Å². The fraction of sp³-hybridized carbons (Fsp3) is 0.533. The molecule has 0 spiro atoms. The quantitative estimate of drug-likeness (QED) is 0.907. The molecule has 0 bridgehead atoms. The number of hydrogen-bond donors (Lipinski definition) is 1. The Kier molecular flexibility index (Phi) is 4.57. The van der Waals surface area contributed by atoms with Gasteiger partial charge in [-0.3, -0.25) is 4.79 Å². The van der Waals surface area contributed by atoms with Crippen LogP contribution in [0.5, 0.6) is 0 Å². The van der Waals surface area contributed by atoms with Gasteiger partial charge in [-0.05, 0) is 34.1 Å². The van der Waals surface area contributed by atoms with E-state index in [0.29, 0.717) is 18.5 Å².